The van der Waals surface area contributed by atoms with Gasteiger partial charge in [0.25, 0.3) is 0 Å². The lowest BCUT2D eigenvalue weighted by atomic mass is 10.00. The van der Waals surface area contributed by atoms with Crippen molar-refractivity contribution < 1.29 is 0 Å². The Morgan fingerprint density at radius 1 is 0.351 bits per heavy atom. The van der Waals surface area contributed by atoms with Gasteiger partial charge in [0.1, 0.15) is 0 Å². The van der Waals surface area contributed by atoms with E-state index in [9.17, 15) is 0 Å². The van der Waals surface area contributed by atoms with E-state index < -0.39 is 0 Å². The van der Waals surface area contributed by atoms with Crippen LogP contribution < -0.4 is 4.90 Å². The lowest BCUT2D eigenvalue weighted by Crippen LogP contribution is -2.10. The second-order valence-corrected chi connectivity index (χ2v) is 16.0. The first-order chi connectivity index (χ1) is 28.3. The van der Waals surface area contributed by atoms with Crippen LogP contribution in [0.5, 0.6) is 0 Å². The van der Waals surface area contributed by atoms with E-state index in [1.807, 2.05) is 11.3 Å². The number of benzene rings is 10. The second-order valence-electron chi connectivity index (χ2n) is 14.9. The summed E-state index contributed by atoms with van der Waals surface area (Å²) in [6, 6.07) is 75.7. The molecule has 57 heavy (non-hydrogen) atoms. The summed E-state index contributed by atoms with van der Waals surface area (Å²) in [5.41, 5.74) is 9.39. The molecule has 0 spiro atoms. The van der Waals surface area contributed by atoms with Crippen LogP contribution in [0.1, 0.15) is 0 Å². The zero-order chi connectivity index (χ0) is 37.5. The molecular formula is C54H34N2S. The van der Waals surface area contributed by atoms with Crippen LogP contribution in [0, 0.1) is 0 Å². The van der Waals surface area contributed by atoms with Crippen molar-refractivity contribution >= 4 is 103 Å². The molecule has 0 aliphatic heterocycles. The van der Waals surface area contributed by atoms with Crippen LogP contribution in [0.2, 0.25) is 0 Å². The molecule has 0 saturated carbocycles. The average molecular weight is 743 g/mol. The molecule has 0 radical (unpaired) electrons. The average Bonchev–Trinajstić information content (AvgIpc) is 3.83. The summed E-state index contributed by atoms with van der Waals surface area (Å²) in [6.07, 6.45) is 0. The Kier molecular flexibility index (Phi) is 7.13. The molecule has 0 amide bonds. The van der Waals surface area contributed by atoms with Gasteiger partial charge in [-0.3, -0.25) is 0 Å². The molecule has 0 bridgehead atoms. The normalized spacial score (nSPS) is 11.9. The third kappa shape index (κ3) is 5.03. The summed E-state index contributed by atoms with van der Waals surface area (Å²) < 4.78 is 5.06. The van der Waals surface area contributed by atoms with Crippen molar-refractivity contribution in [3.63, 3.8) is 0 Å². The van der Waals surface area contributed by atoms with Gasteiger partial charge in [0.05, 0.1) is 16.7 Å². The summed E-state index contributed by atoms with van der Waals surface area (Å²) in [4.78, 5) is 2.41. The number of rotatable bonds is 5. The minimum absolute atomic E-state index is 1.12. The van der Waals surface area contributed by atoms with Gasteiger partial charge in [0, 0.05) is 53.4 Å². The maximum absolute atomic E-state index is 2.44. The Labute approximate surface area is 333 Å². The molecule has 0 aliphatic rings. The molecule has 0 fully saturated rings. The predicted molar refractivity (Wildman–Crippen MR) is 246 cm³/mol. The number of thiophene rings is 1. The molecule has 0 N–H and O–H groups in total. The lowest BCUT2D eigenvalue weighted by Gasteiger charge is -2.27. The maximum Gasteiger partial charge on any atom is 0.0547 e. The number of hydrogen-bond donors (Lipinski definition) is 0. The fraction of sp³-hybridized carbons (Fsp3) is 0. The summed E-state index contributed by atoms with van der Waals surface area (Å²) in [5, 5.41) is 12.7. The Bertz CT molecular complexity index is 3420. The van der Waals surface area contributed by atoms with Crippen molar-refractivity contribution in [2.24, 2.45) is 0 Å². The van der Waals surface area contributed by atoms with Crippen LogP contribution in [0.15, 0.2) is 206 Å². The molecule has 12 rings (SSSR count). The standard InChI is InChI=1S/C54H34N2S/c1-4-14-43-37(10-1)13-9-18-48(43)55(42-30-33-52-47(34-42)46-17-7-8-19-51(46)57-52)40-26-20-35(21-27-40)36-22-28-41(29-23-36)56-49-31-24-38-11-2-5-15-44(38)53(49)54-45-16-6-3-12-39(45)25-32-50(54)56/h1-34H. The minimum atomic E-state index is 1.12. The van der Waals surface area contributed by atoms with Gasteiger partial charge < -0.3 is 9.47 Å². The van der Waals surface area contributed by atoms with Gasteiger partial charge in [-0.05, 0) is 105 Å². The van der Waals surface area contributed by atoms with Gasteiger partial charge in [0.2, 0.25) is 0 Å². The summed E-state index contributed by atoms with van der Waals surface area (Å²) in [7, 11) is 0. The van der Waals surface area contributed by atoms with E-state index in [0.29, 0.717) is 0 Å². The molecule has 0 atom stereocenters. The van der Waals surface area contributed by atoms with Gasteiger partial charge in [-0.25, -0.2) is 0 Å². The highest BCUT2D eigenvalue weighted by Crippen LogP contribution is 2.44. The molecular weight excluding hydrogens is 709 g/mol. The number of anilines is 3. The van der Waals surface area contributed by atoms with E-state index in [-0.39, 0.29) is 0 Å². The number of nitrogens with zero attached hydrogens (tertiary/aromatic N) is 2. The fourth-order valence-corrected chi connectivity index (χ4v) is 10.2. The summed E-state index contributed by atoms with van der Waals surface area (Å²) >= 11 is 1.86. The van der Waals surface area contributed by atoms with Crippen LogP contribution in [0.25, 0.3) is 91.1 Å². The molecule has 0 unspecified atom stereocenters. The van der Waals surface area contributed by atoms with Crippen molar-refractivity contribution in [3.05, 3.63) is 206 Å². The zero-order valence-corrected chi connectivity index (χ0v) is 31.7. The molecule has 3 heteroatoms. The van der Waals surface area contributed by atoms with E-state index in [0.717, 1.165) is 22.7 Å². The smallest absolute Gasteiger partial charge is 0.0547 e. The fourth-order valence-electron chi connectivity index (χ4n) is 9.12. The van der Waals surface area contributed by atoms with E-state index in [1.165, 1.54) is 85.4 Å². The van der Waals surface area contributed by atoms with Crippen LogP contribution in [-0.4, -0.2) is 4.57 Å². The first kappa shape index (κ1) is 32.1. The van der Waals surface area contributed by atoms with Gasteiger partial charge in [0.15, 0.2) is 0 Å². The minimum Gasteiger partial charge on any atom is -0.310 e. The first-order valence-electron chi connectivity index (χ1n) is 19.5. The van der Waals surface area contributed by atoms with Gasteiger partial charge in [-0.2, -0.15) is 0 Å². The van der Waals surface area contributed by atoms with E-state index in [2.05, 4.69) is 216 Å². The lowest BCUT2D eigenvalue weighted by molar-refractivity contribution is 1.18. The molecule has 2 heterocycles. The Balaban J connectivity index is 0.968. The Morgan fingerprint density at radius 2 is 0.860 bits per heavy atom. The maximum atomic E-state index is 2.44. The van der Waals surface area contributed by atoms with Gasteiger partial charge >= 0.3 is 0 Å². The highest BCUT2D eigenvalue weighted by Gasteiger charge is 2.19. The predicted octanol–water partition coefficient (Wildman–Crippen LogP) is 15.7. The molecule has 10 aromatic carbocycles. The SMILES string of the molecule is c1ccc2c(N(c3ccc(-c4ccc(-n5c6ccc7ccccc7c6c6c7ccccc7ccc65)cc4)cc3)c3ccc4sc5ccccc5c4c3)cccc2c1. The zero-order valence-electron chi connectivity index (χ0n) is 30.9. The van der Waals surface area contributed by atoms with Gasteiger partial charge in [-0.15, -0.1) is 11.3 Å². The second kappa shape index (κ2) is 12.7. The molecule has 0 aliphatic carbocycles. The van der Waals surface area contributed by atoms with Crippen molar-refractivity contribution in [3.8, 4) is 16.8 Å². The number of aromatic nitrogens is 1. The first-order valence-corrected chi connectivity index (χ1v) is 20.3. The molecule has 0 saturated heterocycles. The molecule has 266 valence electrons. The third-order valence-corrected chi connectivity index (χ3v) is 12.9. The quantitative estimate of drug-likeness (QED) is 0.170. The third-order valence-electron chi connectivity index (χ3n) is 11.8. The highest BCUT2D eigenvalue weighted by atomic mass is 32.1. The van der Waals surface area contributed by atoms with Crippen molar-refractivity contribution in [2.45, 2.75) is 0 Å². The molecule has 12 aromatic rings. The summed E-state index contributed by atoms with van der Waals surface area (Å²) in [5.74, 6) is 0. The molecule has 2 aromatic heterocycles. The van der Waals surface area contributed by atoms with E-state index in [4.69, 9.17) is 0 Å². The van der Waals surface area contributed by atoms with Gasteiger partial charge in [-0.1, -0.05) is 140 Å². The van der Waals surface area contributed by atoms with Crippen molar-refractivity contribution in [2.75, 3.05) is 4.90 Å². The van der Waals surface area contributed by atoms with Crippen LogP contribution in [-0.2, 0) is 0 Å². The topological polar surface area (TPSA) is 8.17 Å². The van der Waals surface area contributed by atoms with Crippen molar-refractivity contribution in [1.29, 1.82) is 0 Å². The van der Waals surface area contributed by atoms with Crippen LogP contribution in [0.3, 0.4) is 0 Å². The summed E-state index contributed by atoms with van der Waals surface area (Å²) in [6.45, 7) is 0. The number of hydrogen-bond acceptors (Lipinski definition) is 2. The Morgan fingerprint density at radius 3 is 1.53 bits per heavy atom. The Hall–Kier alpha value is -7.20. The highest BCUT2D eigenvalue weighted by molar-refractivity contribution is 7.25. The number of fused-ring (bicyclic) bond motifs is 11. The molecule has 2 nitrogen and oxygen atoms in total. The largest absolute Gasteiger partial charge is 0.310 e. The van der Waals surface area contributed by atoms with Crippen molar-refractivity contribution in [1.82, 2.24) is 4.57 Å². The van der Waals surface area contributed by atoms with Crippen LogP contribution >= 0.6 is 11.3 Å². The van der Waals surface area contributed by atoms with E-state index in [1.54, 1.807) is 0 Å². The monoisotopic (exact) mass is 742 g/mol. The van der Waals surface area contributed by atoms with E-state index >= 15 is 0 Å². The van der Waals surface area contributed by atoms with Crippen LogP contribution in [0.4, 0.5) is 17.1 Å².